The van der Waals surface area contributed by atoms with Crippen molar-refractivity contribution in [1.29, 1.82) is 0 Å². The van der Waals surface area contributed by atoms with Gasteiger partial charge in [-0.3, -0.25) is 4.79 Å². The molecule has 0 radical (unpaired) electrons. The van der Waals surface area contributed by atoms with Crippen LogP contribution in [0.3, 0.4) is 0 Å². The summed E-state index contributed by atoms with van der Waals surface area (Å²) in [5.74, 6) is 1.53. The molecule has 1 fully saturated rings. The lowest BCUT2D eigenvalue weighted by atomic mass is 10.2. The molecule has 0 bridgehead atoms. The van der Waals surface area contributed by atoms with E-state index in [1.807, 2.05) is 17.0 Å². The highest BCUT2D eigenvalue weighted by atomic mass is 32.2. The van der Waals surface area contributed by atoms with E-state index in [-0.39, 0.29) is 10.8 Å². The molecule has 3 heterocycles. The van der Waals surface area contributed by atoms with Crippen LogP contribution in [0.1, 0.15) is 12.8 Å². The van der Waals surface area contributed by atoms with Crippen LogP contribution in [0.2, 0.25) is 0 Å². The number of aromatic nitrogens is 3. The van der Waals surface area contributed by atoms with Gasteiger partial charge in [-0.2, -0.15) is 9.29 Å². The average Bonchev–Trinajstić information content (AvgIpc) is 3.20. The Kier molecular flexibility index (Phi) is 5.70. The van der Waals surface area contributed by atoms with Crippen molar-refractivity contribution >= 4 is 27.4 Å². The summed E-state index contributed by atoms with van der Waals surface area (Å²) in [6.07, 6.45) is 1.68. The third-order valence-electron chi connectivity index (χ3n) is 4.91. The van der Waals surface area contributed by atoms with Gasteiger partial charge in [0.15, 0.2) is 0 Å². The smallest absolute Gasteiger partial charge is 0.243 e. The molecule has 1 amide bonds. The third kappa shape index (κ3) is 4.57. The number of hydrogen-bond donors (Lipinski definition) is 1. The minimum atomic E-state index is -3.61. The number of nitrogens with zero attached hydrogens (tertiary/aromatic N) is 5. The summed E-state index contributed by atoms with van der Waals surface area (Å²) >= 11 is 0. The SMILES string of the molecule is CC(=O)Nc1ccc(S(=O)(=O)N2CCN(c3ccc(-c4noc(C)n4)cn3)CC2)cc1. The van der Waals surface area contributed by atoms with Gasteiger partial charge in [-0.05, 0) is 36.4 Å². The van der Waals surface area contributed by atoms with E-state index in [2.05, 4.69) is 20.4 Å². The number of hydrogen-bond acceptors (Lipinski definition) is 8. The van der Waals surface area contributed by atoms with Crippen molar-refractivity contribution in [1.82, 2.24) is 19.4 Å². The molecule has 0 spiro atoms. The average molecular weight is 443 g/mol. The Morgan fingerprint density at radius 2 is 1.77 bits per heavy atom. The highest BCUT2D eigenvalue weighted by Gasteiger charge is 2.29. The number of sulfonamides is 1. The second kappa shape index (κ2) is 8.44. The van der Waals surface area contributed by atoms with Crippen LogP contribution in [0.4, 0.5) is 11.5 Å². The number of benzene rings is 1. The lowest BCUT2D eigenvalue weighted by Crippen LogP contribution is -2.48. The molecule has 4 rings (SSSR count). The topological polar surface area (TPSA) is 122 Å². The Morgan fingerprint density at radius 1 is 1.06 bits per heavy atom. The van der Waals surface area contributed by atoms with Gasteiger partial charge in [-0.15, -0.1) is 0 Å². The zero-order valence-electron chi connectivity index (χ0n) is 17.1. The van der Waals surface area contributed by atoms with E-state index < -0.39 is 10.0 Å². The first-order chi connectivity index (χ1) is 14.8. The summed E-state index contributed by atoms with van der Waals surface area (Å²) < 4.78 is 32.4. The van der Waals surface area contributed by atoms with Gasteiger partial charge in [-0.1, -0.05) is 5.16 Å². The summed E-state index contributed by atoms with van der Waals surface area (Å²) in [5.41, 5.74) is 1.31. The molecule has 2 aromatic heterocycles. The quantitative estimate of drug-likeness (QED) is 0.636. The minimum absolute atomic E-state index is 0.202. The normalized spacial score (nSPS) is 15.1. The van der Waals surface area contributed by atoms with Crippen molar-refractivity contribution in [2.24, 2.45) is 0 Å². The Balaban J connectivity index is 1.40. The van der Waals surface area contributed by atoms with E-state index >= 15 is 0 Å². The van der Waals surface area contributed by atoms with Crippen molar-refractivity contribution in [2.75, 3.05) is 36.4 Å². The third-order valence-corrected chi connectivity index (χ3v) is 6.82. The van der Waals surface area contributed by atoms with Gasteiger partial charge >= 0.3 is 0 Å². The number of carbonyl (C=O) groups excluding carboxylic acids is 1. The summed E-state index contributed by atoms with van der Waals surface area (Å²) in [6, 6.07) is 9.92. The molecule has 0 unspecified atom stereocenters. The summed E-state index contributed by atoms with van der Waals surface area (Å²) in [5, 5.41) is 6.51. The van der Waals surface area contributed by atoms with Crippen LogP contribution in [0.25, 0.3) is 11.4 Å². The van der Waals surface area contributed by atoms with Gasteiger partial charge in [0, 0.05) is 57.5 Å². The number of carbonyl (C=O) groups is 1. The Labute approximate surface area is 179 Å². The van der Waals surface area contributed by atoms with Crippen LogP contribution in [0.5, 0.6) is 0 Å². The molecule has 10 nitrogen and oxygen atoms in total. The monoisotopic (exact) mass is 442 g/mol. The number of nitrogens with one attached hydrogen (secondary N) is 1. The maximum absolute atomic E-state index is 12.9. The largest absolute Gasteiger partial charge is 0.354 e. The molecule has 0 saturated carbocycles. The number of aryl methyl sites for hydroxylation is 1. The standard InChI is InChI=1S/C20H22N6O4S/c1-14(27)22-17-4-6-18(7-5-17)31(28,29)26-11-9-25(10-12-26)19-8-3-16(13-21-19)20-23-15(2)30-24-20/h3-8,13H,9-12H2,1-2H3,(H,22,27). The maximum Gasteiger partial charge on any atom is 0.243 e. The number of amides is 1. The maximum atomic E-state index is 12.9. The van der Waals surface area contributed by atoms with Crippen molar-refractivity contribution < 1.29 is 17.7 Å². The van der Waals surface area contributed by atoms with Crippen LogP contribution in [-0.4, -0.2) is 59.9 Å². The molecule has 162 valence electrons. The predicted octanol–water partition coefficient (Wildman–Crippen LogP) is 1.91. The van der Waals surface area contributed by atoms with Gasteiger partial charge in [0.05, 0.1) is 4.90 Å². The number of piperazine rings is 1. The zero-order chi connectivity index (χ0) is 22.0. The van der Waals surface area contributed by atoms with E-state index in [0.29, 0.717) is 43.6 Å². The Hall–Kier alpha value is -3.31. The molecule has 1 N–H and O–H groups in total. The van der Waals surface area contributed by atoms with E-state index in [9.17, 15) is 13.2 Å². The molecular weight excluding hydrogens is 420 g/mol. The minimum Gasteiger partial charge on any atom is -0.354 e. The Bertz CT molecular complexity index is 1170. The Morgan fingerprint density at radius 3 is 2.32 bits per heavy atom. The summed E-state index contributed by atoms with van der Waals surface area (Å²) in [7, 11) is -3.61. The summed E-state index contributed by atoms with van der Waals surface area (Å²) in [6.45, 7) is 4.88. The summed E-state index contributed by atoms with van der Waals surface area (Å²) in [4.78, 5) is 22.0. The fourth-order valence-electron chi connectivity index (χ4n) is 3.34. The van der Waals surface area contributed by atoms with Crippen LogP contribution >= 0.6 is 0 Å². The number of anilines is 2. The van der Waals surface area contributed by atoms with Gasteiger partial charge in [0.1, 0.15) is 5.82 Å². The molecule has 1 aliphatic heterocycles. The van der Waals surface area contributed by atoms with E-state index in [1.54, 1.807) is 25.3 Å². The molecule has 3 aromatic rings. The lowest BCUT2D eigenvalue weighted by molar-refractivity contribution is -0.114. The molecule has 0 aliphatic carbocycles. The van der Waals surface area contributed by atoms with E-state index in [0.717, 1.165) is 11.4 Å². The van der Waals surface area contributed by atoms with Crippen molar-refractivity contribution in [3.8, 4) is 11.4 Å². The molecule has 11 heteroatoms. The lowest BCUT2D eigenvalue weighted by Gasteiger charge is -2.34. The number of pyridine rings is 1. The zero-order valence-corrected chi connectivity index (χ0v) is 18.0. The first kappa shape index (κ1) is 20.9. The van der Waals surface area contributed by atoms with Crippen LogP contribution in [0.15, 0.2) is 52.0 Å². The van der Waals surface area contributed by atoms with Gasteiger partial charge in [-0.25, -0.2) is 13.4 Å². The van der Waals surface area contributed by atoms with Gasteiger partial charge in [0.25, 0.3) is 0 Å². The van der Waals surface area contributed by atoms with Crippen molar-refractivity contribution in [2.45, 2.75) is 18.7 Å². The number of rotatable bonds is 5. The fourth-order valence-corrected chi connectivity index (χ4v) is 4.76. The van der Waals surface area contributed by atoms with Crippen molar-refractivity contribution in [3.05, 3.63) is 48.5 Å². The van der Waals surface area contributed by atoms with Gasteiger partial charge in [0.2, 0.25) is 27.6 Å². The van der Waals surface area contributed by atoms with Crippen LogP contribution < -0.4 is 10.2 Å². The molecule has 0 atom stereocenters. The van der Waals surface area contributed by atoms with E-state index in [1.165, 1.54) is 23.4 Å². The van der Waals surface area contributed by atoms with Crippen LogP contribution in [-0.2, 0) is 14.8 Å². The second-order valence-corrected chi connectivity index (χ2v) is 9.08. The molecule has 1 aromatic carbocycles. The predicted molar refractivity (Wildman–Crippen MR) is 114 cm³/mol. The highest BCUT2D eigenvalue weighted by molar-refractivity contribution is 7.89. The molecular formula is C20H22N6O4S. The first-order valence-electron chi connectivity index (χ1n) is 9.72. The van der Waals surface area contributed by atoms with Crippen molar-refractivity contribution in [3.63, 3.8) is 0 Å². The van der Waals surface area contributed by atoms with E-state index in [4.69, 9.17) is 4.52 Å². The fraction of sp³-hybridized carbons (Fsp3) is 0.300. The first-order valence-corrected chi connectivity index (χ1v) is 11.2. The molecule has 1 aliphatic rings. The second-order valence-electron chi connectivity index (χ2n) is 7.14. The van der Waals surface area contributed by atoms with Gasteiger partial charge < -0.3 is 14.7 Å². The molecule has 1 saturated heterocycles. The molecule has 31 heavy (non-hydrogen) atoms. The highest BCUT2D eigenvalue weighted by Crippen LogP contribution is 2.23. The van der Waals surface area contributed by atoms with Crippen LogP contribution in [0, 0.1) is 6.92 Å².